The van der Waals surface area contributed by atoms with Crippen LogP contribution in [0.3, 0.4) is 0 Å². The van der Waals surface area contributed by atoms with E-state index < -0.39 is 6.29 Å². The number of hydrogen-bond donors (Lipinski definition) is 2. The first kappa shape index (κ1) is 14.3. The Bertz CT molecular complexity index is 182. The van der Waals surface area contributed by atoms with Crippen LogP contribution in [0.2, 0.25) is 0 Å². The average Bonchev–Trinajstić information content (AvgIpc) is 2.19. The third-order valence-electron chi connectivity index (χ3n) is 2.36. The van der Waals surface area contributed by atoms with Crippen molar-refractivity contribution in [3.05, 3.63) is 0 Å². The van der Waals surface area contributed by atoms with E-state index in [2.05, 4.69) is 5.32 Å². The van der Waals surface area contributed by atoms with Crippen LogP contribution < -0.4 is 11.1 Å². The van der Waals surface area contributed by atoms with Crippen LogP contribution in [0.15, 0.2) is 0 Å². The van der Waals surface area contributed by atoms with Crippen LogP contribution in [0.25, 0.3) is 0 Å². The summed E-state index contributed by atoms with van der Waals surface area (Å²) < 4.78 is 9.91. The number of nitrogens with two attached hydrogens (primary N) is 1. The first-order valence-corrected chi connectivity index (χ1v) is 5.10. The highest BCUT2D eigenvalue weighted by molar-refractivity contribution is 5.79. The monoisotopic (exact) mass is 218 g/mol. The van der Waals surface area contributed by atoms with Crippen LogP contribution in [0.4, 0.5) is 0 Å². The number of rotatable bonds is 7. The van der Waals surface area contributed by atoms with Crippen molar-refractivity contribution in [1.82, 2.24) is 5.32 Å². The zero-order chi connectivity index (χ0) is 11.8. The van der Waals surface area contributed by atoms with Gasteiger partial charge < -0.3 is 20.5 Å². The van der Waals surface area contributed by atoms with Gasteiger partial charge in [0.05, 0.1) is 12.5 Å². The molecule has 0 fully saturated rings. The molecule has 5 heteroatoms. The molecule has 0 rings (SSSR count). The molecular formula is C10H22N2O3. The van der Waals surface area contributed by atoms with E-state index in [9.17, 15) is 4.79 Å². The smallest absolute Gasteiger partial charge is 0.224 e. The van der Waals surface area contributed by atoms with Gasteiger partial charge in [-0.05, 0) is 5.92 Å². The number of amides is 1. The van der Waals surface area contributed by atoms with Crippen LogP contribution in [-0.2, 0) is 14.3 Å². The molecule has 0 heterocycles. The van der Waals surface area contributed by atoms with Gasteiger partial charge >= 0.3 is 0 Å². The van der Waals surface area contributed by atoms with Crippen LogP contribution in [0.5, 0.6) is 0 Å². The maximum absolute atomic E-state index is 11.6. The minimum absolute atomic E-state index is 0.0494. The molecule has 0 aliphatic rings. The third-order valence-corrected chi connectivity index (χ3v) is 2.36. The van der Waals surface area contributed by atoms with E-state index in [1.54, 1.807) is 0 Å². The normalized spacial score (nSPS) is 13.3. The van der Waals surface area contributed by atoms with Gasteiger partial charge in [0.1, 0.15) is 0 Å². The molecule has 0 radical (unpaired) electrons. The Morgan fingerprint density at radius 2 is 1.87 bits per heavy atom. The summed E-state index contributed by atoms with van der Waals surface area (Å²) in [5.74, 6) is 0.0319. The lowest BCUT2D eigenvalue weighted by Gasteiger charge is -2.20. The summed E-state index contributed by atoms with van der Waals surface area (Å²) in [4.78, 5) is 11.6. The summed E-state index contributed by atoms with van der Waals surface area (Å²) in [7, 11) is 3.06. The standard InChI is InChI=1S/C10H22N2O3/c1-7(2)8(5-11)10(13)12-6-9(14-3)15-4/h7-9H,5-6,11H2,1-4H3,(H,12,13). The Morgan fingerprint density at radius 3 is 2.20 bits per heavy atom. The average molecular weight is 218 g/mol. The molecule has 5 nitrogen and oxygen atoms in total. The van der Waals surface area contributed by atoms with Crippen molar-refractivity contribution in [2.24, 2.45) is 17.6 Å². The van der Waals surface area contributed by atoms with E-state index >= 15 is 0 Å². The summed E-state index contributed by atoms with van der Waals surface area (Å²) >= 11 is 0. The maximum Gasteiger partial charge on any atom is 0.224 e. The Labute approximate surface area is 91.3 Å². The van der Waals surface area contributed by atoms with Gasteiger partial charge in [-0.15, -0.1) is 0 Å². The molecule has 0 aromatic carbocycles. The number of nitrogens with one attached hydrogen (secondary N) is 1. The highest BCUT2D eigenvalue weighted by atomic mass is 16.7. The summed E-state index contributed by atoms with van der Waals surface area (Å²) in [5.41, 5.74) is 5.52. The van der Waals surface area contributed by atoms with Crippen molar-refractivity contribution >= 4 is 5.91 Å². The molecule has 90 valence electrons. The van der Waals surface area contributed by atoms with Gasteiger partial charge in [-0.3, -0.25) is 4.79 Å². The van der Waals surface area contributed by atoms with E-state index in [1.165, 1.54) is 14.2 Å². The van der Waals surface area contributed by atoms with Gasteiger partial charge in [-0.2, -0.15) is 0 Å². The minimum atomic E-state index is -0.403. The Kier molecular flexibility index (Phi) is 7.29. The van der Waals surface area contributed by atoms with Crippen LogP contribution in [0.1, 0.15) is 13.8 Å². The lowest BCUT2D eigenvalue weighted by Crippen LogP contribution is -2.41. The second kappa shape index (κ2) is 7.62. The maximum atomic E-state index is 11.6. The zero-order valence-electron chi connectivity index (χ0n) is 9.95. The fourth-order valence-electron chi connectivity index (χ4n) is 1.26. The molecule has 0 bridgehead atoms. The van der Waals surface area contributed by atoms with Crippen LogP contribution >= 0.6 is 0 Å². The molecule has 1 unspecified atom stereocenters. The van der Waals surface area contributed by atoms with Gasteiger partial charge in [0.2, 0.25) is 5.91 Å². The Morgan fingerprint density at radius 1 is 1.33 bits per heavy atom. The molecule has 0 spiro atoms. The topological polar surface area (TPSA) is 73.6 Å². The first-order valence-electron chi connectivity index (χ1n) is 5.10. The van der Waals surface area contributed by atoms with E-state index in [0.717, 1.165) is 0 Å². The Hall–Kier alpha value is -0.650. The predicted molar refractivity (Wildman–Crippen MR) is 58.2 cm³/mol. The van der Waals surface area contributed by atoms with Gasteiger partial charge in [-0.1, -0.05) is 13.8 Å². The molecule has 0 aromatic heterocycles. The highest BCUT2D eigenvalue weighted by Gasteiger charge is 2.20. The minimum Gasteiger partial charge on any atom is -0.354 e. The molecule has 0 aliphatic carbocycles. The number of methoxy groups -OCH3 is 2. The molecule has 3 N–H and O–H groups in total. The molecule has 1 amide bonds. The lowest BCUT2D eigenvalue weighted by molar-refractivity contribution is -0.131. The second-order valence-corrected chi connectivity index (χ2v) is 3.73. The van der Waals surface area contributed by atoms with Gasteiger partial charge in [-0.25, -0.2) is 0 Å². The van der Waals surface area contributed by atoms with Crippen molar-refractivity contribution in [2.45, 2.75) is 20.1 Å². The quantitative estimate of drug-likeness (QED) is 0.588. The summed E-state index contributed by atoms with van der Waals surface area (Å²) in [6.07, 6.45) is -0.403. The third kappa shape index (κ3) is 5.11. The summed E-state index contributed by atoms with van der Waals surface area (Å²) in [5, 5.41) is 2.75. The number of ether oxygens (including phenoxy) is 2. The van der Waals surface area contributed by atoms with E-state index in [4.69, 9.17) is 15.2 Å². The van der Waals surface area contributed by atoms with E-state index in [-0.39, 0.29) is 17.7 Å². The molecule has 0 aliphatic heterocycles. The molecule has 0 aromatic rings. The fourth-order valence-corrected chi connectivity index (χ4v) is 1.26. The number of carbonyl (C=O) groups excluding carboxylic acids is 1. The van der Waals surface area contributed by atoms with Gasteiger partial charge in [0.25, 0.3) is 0 Å². The molecule has 15 heavy (non-hydrogen) atoms. The summed E-state index contributed by atoms with van der Waals surface area (Å²) in [6.45, 7) is 4.64. The van der Waals surface area contributed by atoms with Crippen molar-refractivity contribution in [2.75, 3.05) is 27.3 Å². The van der Waals surface area contributed by atoms with Crippen LogP contribution in [0, 0.1) is 11.8 Å². The van der Waals surface area contributed by atoms with Crippen molar-refractivity contribution < 1.29 is 14.3 Å². The lowest BCUT2D eigenvalue weighted by atomic mass is 9.95. The predicted octanol–water partition coefficient (Wildman–Crippen LogP) is -0.0476. The largest absolute Gasteiger partial charge is 0.354 e. The van der Waals surface area contributed by atoms with Crippen molar-refractivity contribution in [1.29, 1.82) is 0 Å². The van der Waals surface area contributed by atoms with E-state index in [0.29, 0.717) is 13.1 Å². The van der Waals surface area contributed by atoms with E-state index in [1.807, 2.05) is 13.8 Å². The summed E-state index contributed by atoms with van der Waals surface area (Å²) in [6, 6.07) is 0. The van der Waals surface area contributed by atoms with Crippen molar-refractivity contribution in [3.8, 4) is 0 Å². The molecule has 0 saturated heterocycles. The highest BCUT2D eigenvalue weighted by Crippen LogP contribution is 2.08. The zero-order valence-corrected chi connectivity index (χ0v) is 9.95. The Balaban J connectivity index is 4.00. The number of carbonyl (C=O) groups is 1. The fraction of sp³-hybridized carbons (Fsp3) is 0.900. The van der Waals surface area contributed by atoms with Gasteiger partial charge in [0.15, 0.2) is 6.29 Å². The van der Waals surface area contributed by atoms with Crippen molar-refractivity contribution in [3.63, 3.8) is 0 Å². The number of hydrogen-bond acceptors (Lipinski definition) is 4. The SMILES string of the molecule is COC(CNC(=O)C(CN)C(C)C)OC. The second-order valence-electron chi connectivity index (χ2n) is 3.73. The van der Waals surface area contributed by atoms with Gasteiger partial charge in [0, 0.05) is 20.8 Å². The first-order chi connectivity index (χ1) is 7.06. The molecule has 0 saturated carbocycles. The molecular weight excluding hydrogens is 196 g/mol. The molecule has 1 atom stereocenters. The van der Waals surface area contributed by atoms with Crippen LogP contribution in [-0.4, -0.2) is 39.5 Å².